The Balaban J connectivity index is 1.27. The summed E-state index contributed by atoms with van der Waals surface area (Å²) in [5.74, 6) is -0.952. The van der Waals surface area contributed by atoms with E-state index in [1.165, 1.54) is 12.1 Å². The van der Waals surface area contributed by atoms with Crippen molar-refractivity contribution in [3.8, 4) is 0 Å². The van der Waals surface area contributed by atoms with Crippen LogP contribution in [-0.4, -0.2) is 33.4 Å². The van der Waals surface area contributed by atoms with Gasteiger partial charge in [0.1, 0.15) is 5.58 Å². The summed E-state index contributed by atoms with van der Waals surface area (Å²) < 4.78 is 33.2. The van der Waals surface area contributed by atoms with Crippen LogP contribution in [0.3, 0.4) is 0 Å². The van der Waals surface area contributed by atoms with Gasteiger partial charge in [-0.1, -0.05) is 42.5 Å². The molecule has 170 valence electrons. The minimum atomic E-state index is -3.74. The highest BCUT2D eigenvalue weighted by atomic mass is 32.2. The van der Waals surface area contributed by atoms with Crippen molar-refractivity contribution in [1.82, 2.24) is 5.32 Å². The second kappa shape index (κ2) is 9.43. The van der Waals surface area contributed by atoms with Gasteiger partial charge in [-0.05, 0) is 41.0 Å². The maximum atomic E-state index is 12.3. The predicted molar refractivity (Wildman–Crippen MR) is 123 cm³/mol. The third-order valence-corrected chi connectivity index (χ3v) is 6.16. The van der Waals surface area contributed by atoms with Gasteiger partial charge >= 0.3 is 5.97 Å². The molecular formula is C24H22N2O6S. The van der Waals surface area contributed by atoms with Crippen LogP contribution in [0.1, 0.15) is 11.1 Å². The van der Waals surface area contributed by atoms with E-state index in [-0.39, 0.29) is 17.9 Å². The lowest BCUT2D eigenvalue weighted by Gasteiger charge is -2.07. The molecule has 33 heavy (non-hydrogen) atoms. The first-order chi connectivity index (χ1) is 15.8. The fourth-order valence-electron chi connectivity index (χ4n) is 3.60. The first kappa shape index (κ1) is 22.5. The summed E-state index contributed by atoms with van der Waals surface area (Å²) in [5.41, 5.74) is 2.22. The van der Waals surface area contributed by atoms with E-state index >= 15 is 0 Å². The highest BCUT2D eigenvalue weighted by molar-refractivity contribution is 7.89. The zero-order valence-corrected chi connectivity index (χ0v) is 18.4. The summed E-state index contributed by atoms with van der Waals surface area (Å²) in [6.45, 7) is -0.0802. The van der Waals surface area contributed by atoms with Crippen LogP contribution < -0.4 is 10.5 Å². The predicted octanol–water partition coefficient (Wildman–Crippen LogP) is 2.68. The number of hydrogen-bond acceptors (Lipinski definition) is 6. The lowest BCUT2D eigenvalue weighted by atomic mass is 10.0. The minimum Gasteiger partial charge on any atom is -0.464 e. The van der Waals surface area contributed by atoms with Gasteiger partial charge in [-0.2, -0.15) is 0 Å². The molecule has 0 spiro atoms. The Kier molecular flexibility index (Phi) is 6.43. The SMILES string of the molecule is NS(=O)(=O)c1ccc(CCNC(=O)COC(=O)Cc2coc3ccc4ccccc4c23)cc1. The fraction of sp³-hybridized carbons (Fsp3) is 0.167. The molecule has 0 atom stereocenters. The number of nitrogens with one attached hydrogen (secondary N) is 1. The number of furan rings is 1. The Hall–Kier alpha value is -3.69. The molecule has 0 aliphatic heterocycles. The lowest BCUT2D eigenvalue weighted by molar-refractivity contribution is -0.147. The van der Waals surface area contributed by atoms with Crippen molar-refractivity contribution in [2.45, 2.75) is 17.7 Å². The quantitative estimate of drug-likeness (QED) is 0.384. The Morgan fingerprint density at radius 1 is 1.00 bits per heavy atom. The van der Waals surface area contributed by atoms with Gasteiger partial charge in [0.25, 0.3) is 5.91 Å². The van der Waals surface area contributed by atoms with E-state index in [4.69, 9.17) is 14.3 Å². The van der Waals surface area contributed by atoms with E-state index in [2.05, 4.69) is 5.32 Å². The molecule has 9 heteroatoms. The van der Waals surface area contributed by atoms with Gasteiger partial charge in [-0.25, -0.2) is 13.6 Å². The van der Waals surface area contributed by atoms with Gasteiger partial charge in [0.15, 0.2) is 6.61 Å². The number of nitrogens with two attached hydrogens (primary N) is 1. The number of benzene rings is 3. The topological polar surface area (TPSA) is 129 Å². The maximum Gasteiger partial charge on any atom is 0.310 e. The normalized spacial score (nSPS) is 11.5. The minimum absolute atomic E-state index is 0.00924. The summed E-state index contributed by atoms with van der Waals surface area (Å²) in [6, 6.07) is 17.7. The Labute approximate surface area is 190 Å². The summed E-state index contributed by atoms with van der Waals surface area (Å²) in [6.07, 6.45) is 2.02. The highest BCUT2D eigenvalue weighted by Crippen LogP contribution is 2.30. The number of esters is 1. The molecule has 3 aromatic carbocycles. The molecule has 0 fully saturated rings. The summed E-state index contributed by atoms with van der Waals surface area (Å²) in [4.78, 5) is 24.3. The second-order valence-electron chi connectivity index (χ2n) is 7.55. The number of hydrogen-bond donors (Lipinski definition) is 2. The number of ether oxygens (including phenoxy) is 1. The molecule has 0 bridgehead atoms. The lowest BCUT2D eigenvalue weighted by Crippen LogP contribution is -2.30. The number of carbonyl (C=O) groups is 2. The number of primary sulfonamides is 1. The molecule has 3 N–H and O–H groups in total. The van der Waals surface area contributed by atoms with E-state index < -0.39 is 21.9 Å². The van der Waals surface area contributed by atoms with Crippen molar-refractivity contribution in [3.05, 3.63) is 78.1 Å². The number of amides is 1. The zero-order valence-electron chi connectivity index (χ0n) is 17.6. The van der Waals surface area contributed by atoms with Gasteiger partial charge in [0.2, 0.25) is 10.0 Å². The molecule has 8 nitrogen and oxygen atoms in total. The van der Waals surface area contributed by atoms with E-state index in [0.29, 0.717) is 24.1 Å². The average Bonchev–Trinajstić information content (AvgIpc) is 3.20. The van der Waals surface area contributed by atoms with Crippen LogP contribution >= 0.6 is 0 Å². The van der Waals surface area contributed by atoms with Crippen LogP contribution in [0.15, 0.2) is 76.2 Å². The average molecular weight is 467 g/mol. The van der Waals surface area contributed by atoms with Crippen molar-refractivity contribution in [2.75, 3.05) is 13.2 Å². The van der Waals surface area contributed by atoms with Crippen LogP contribution in [-0.2, 0) is 37.2 Å². The third kappa shape index (κ3) is 5.39. The molecule has 0 saturated carbocycles. The van der Waals surface area contributed by atoms with Gasteiger partial charge in [0.05, 0.1) is 17.6 Å². The van der Waals surface area contributed by atoms with Gasteiger partial charge in [-0.15, -0.1) is 0 Å². The standard InChI is InChI=1S/C24H22N2O6S/c25-33(29,30)19-8-5-16(6-9-19)11-12-26-22(27)15-32-23(28)13-18-14-31-21-10-7-17-3-1-2-4-20(17)24(18)21/h1-10,14H,11-13,15H2,(H,26,27)(H2,25,29,30). The van der Waals surface area contributed by atoms with Crippen molar-refractivity contribution < 1.29 is 27.2 Å². The van der Waals surface area contributed by atoms with Crippen LogP contribution in [0.2, 0.25) is 0 Å². The summed E-state index contributed by atoms with van der Waals surface area (Å²) in [5, 5.41) is 10.6. The van der Waals surface area contributed by atoms with Crippen LogP contribution in [0.5, 0.6) is 0 Å². The Bertz CT molecular complexity index is 1420. The second-order valence-corrected chi connectivity index (χ2v) is 9.11. The van der Waals surface area contributed by atoms with Gasteiger partial charge in [-0.3, -0.25) is 9.59 Å². The fourth-order valence-corrected chi connectivity index (χ4v) is 4.12. The first-order valence-electron chi connectivity index (χ1n) is 10.2. The zero-order chi connectivity index (χ0) is 23.4. The molecule has 1 amide bonds. The molecule has 1 heterocycles. The summed E-state index contributed by atoms with van der Waals surface area (Å²) in [7, 11) is -3.74. The number of sulfonamides is 1. The third-order valence-electron chi connectivity index (χ3n) is 5.23. The maximum absolute atomic E-state index is 12.3. The van der Waals surface area contributed by atoms with Crippen molar-refractivity contribution in [3.63, 3.8) is 0 Å². The summed E-state index contributed by atoms with van der Waals surface area (Å²) >= 11 is 0. The molecule has 0 aliphatic carbocycles. The molecule has 1 aromatic heterocycles. The van der Waals surface area contributed by atoms with Crippen LogP contribution in [0.4, 0.5) is 0 Å². The number of rotatable bonds is 8. The first-order valence-corrected chi connectivity index (χ1v) is 11.8. The van der Waals surface area contributed by atoms with Crippen molar-refractivity contribution >= 4 is 43.6 Å². The molecule has 4 rings (SSSR count). The van der Waals surface area contributed by atoms with Crippen molar-refractivity contribution in [1.29, 1.82) is 0 Å². The molecule has 4 aromatic rings. The smallest absolute Gasteiger partial charge is 0.310 e. The molecule has 0 aliphatic rings. The molecule has 0 unspecified atom stereocenters. The highest BCUT2D eigenvalue weighted by Gasteiger charge is 2.15. The van der Waals surface area contributed by atoms with Gasteiger partial charge in [0, 0.05) is 17.5 Å². The Morgan fingerprint density at radius 2 is 1.76 bits per heavy atom. The van der Waals surface area contributed by atoms with Crippen LogP contribution in [0, 0.1) is 0 Å². The largest absolute Gasteiger partial charge is 0.464 e. The van der Waals surface area contributed by atoms with E-state index in [0.717, 1.165) is 21.7 Å². The van der Waals surface area contributed by atoms with E-state index in [1.807, 2.05) is 36.4 Å². The Morgan fingerprint density at radius 3 is 2.52 bits per heavy atom. The monoisotopic (exact) mass is 466 g/mol. The molecule has 0 saturated heterocycles. The van der Waals surface area contributed by atoms with Crippen LogP contribution in [0.25, 0.3) is 21.7 Å². The molecule has 0 radical (unpaired) electrons. The van der Waals surface area contributed by atoms with E-state index in [1.54, 1.807) is 18.4 Å². The number of carbonyl (C=O) groups excluding carboxylic acids is 2. The molecular weight excluding hydrogens is 444 g/mol. The number of fused-ring (bicyclic) bond motifs is 3. The van der Waals surface area contributed by atoms with Gasteiger partial charge < -0.3 is 14.5 Å². The van der Waals surface area contributed by atoms with Crippen molar-refractivity contribution in [2.24, 2.45) is 5.14 Å². The van der Waals surface area contributed by atoms with E-state index in [9.17, 15) is 18.0 Å².